The van der Waals surface area contributed by atoms with Gasteiger partial charge in [0, 0.05) is 18.9 Å². The fourth-order valence-electron chi connectivity index (χ4n) is 1.20. The molecule has 1 atom stereocenters. The molecule has 0 aromatic carbocycles. The fraction of sp³-hybridized carbons (Fsp3) is 0.429. The van der Waals surface area contributed by atoms with Gasteiger partial charge in [0.2, 0.25) is 0 Å². The maximum absolute atomic E-state index is 4.20. The van der Waals surface area contributed by atoms with Gasteiger partial charge in [-0.15, -0.1) is 0 Å². The molecule has 11 heavy (non-hydrogen) atoms. The molecule has 2 N–H and O–H groups in total. The highest BCUT2D eigenvalue weighted by Crippen LogP contribution is 2.13. The highest BCUT2D eigenvalue weighted by atomic mass is 15.4. The summed E-state index contributed by atoms with van der Waals surface area (Å²) in [5, 5.41) is 0. The molecular formula is C7H10N4. The molecule has 1 aliphatic rings. The monoisotopic (exact) mass is 150 g/mol. The molecule has 1 unspecified atom stereocenters. The van der Waals surface area contributed by atoms with E-state index in [4.69, 9.17) is 0 Å². The summed E-state index contributed by atoms with van der Waals surface area (Å²) in [6, 6.07) is 0.337. The first-order valence-corrected chi connectivity index (χ1v) is 3.71. The van der Waals surface area contributed by atoms with E-state index in [0.717, 1.165) is 18.7 Å². The van der Waals surface area contributed by atoms with Crippen LogP contribution in [0, 0.1) is 0 Å². The summed E-state index contributed by atoms with van der Waals surface area (Å²) in [6.45, 7) is 1.00. The molecule has 0 aliphatic carbocycles. The van der Waals surface area contributed by atoms with Crippen LogP contribution < -0.4 is 10.9 Å². The van der Waals surface area contributed by atoms with Crippen molar-refractivity contribution in [3.8, 4) is 0 Å². The van der Waals surface area contributed by atoms with Crippen LogP contribution in [0.15, 0.2) is 18.6 Å². The Labute approximate surface area is 65.0 Å². The number of nitrogens with zero attached hydrogens (tertiary/aromatic N) is 2. The minimum absolute atomic E-state index is 0.337. The van der Waals surface area contributed by atoms with Crippen molar-refractivity contribution in [2.24, 2.45) is 0 Å². The SMILES string of the molecule is c1cnc(C2CCNN2)cn1. The Morgan fingerprint density at radius 3 is 3.09 bits per heavy atom. The second-order valence-corrected chi connectivity index (χ2v) is 2.54. The molecule has 0 amide bonds. The van der Waals surface area contributed by atoms with Crippen molar-refractivity contribution in [3.05, 3.63) is 24.3 Å². The Kier molecular flexibility index (Phi) is 1.79. The van der Waals surface area contributed by atoms with Crippen LogP contribution in [0.2, 0.25) is 0 Å². The zero-order valence-corrected chi connectivity index (χ0v) is 6.12. The van der Waals surface area contributed by atoms with E-state index in [9.17, 15) is 0 Å². The minimum Gasteiger partial charge on any atom is -0.261 e. The summed E-state index contributed by atoms with van der Waals surface area (Å²) in [5.74, 6) is 0. The molecule has 1 saturated heterocycles. The highest BCUT2D eigenvalue weighted by Gasteiger charge is 2.16. The quantitative estimate of drug-likeness (QED) is 0.592. The smallest absolute Gasteiger partial charge is 0.0770 e. The Morgan fingerprint density at radius 2 is 2.45 bits per heavy atom. The van der Waals surface area contributed by atoms with Crippen LogP contribution in [0.5, 0.6) is 0 Å². The van der Waals surface area contributed by atoms with E-state index in [1.807, 2.05) is 0 Å². The molecule has 0 spiro atoms. The summed E-state index contributed by atoms with van der Waals surface area (Å²) >= 11 is 0. The van der Waals surface area contributed by atoms with Crippen molar-refractivity contribution >= 4 is 0 Å². The van der Waals surface area contributed by atoms with Crippen LogP contribution in [-0.2, 0) is 0 Å². The van der Waals surface area contributed by atoms with Gasteiger partial charge in [-0.2, -0.15) is 0 Å². The van der Waals surface area contributed by atoms with E-state index < -0.39 is 0 Å². The number of hydrogen-bond donors (Lipinski definition) is 2. The predicted octanol–water partition coefficient (Wildman–Crippen LogP) is 0.0156. The molecule has 4 heteroatoms. The molecule has 1 fully saturated rings. The van der Waals surface area contributed by atoms with Gasteiger partial charge >= 0.3 is 0 Å². The van der Waals surface area contributed by atoms with Crippen LogP contribution in [0.1, 0.15) is 18.2 Å². The summed E-state index contributed by atoms with van der Waals surface area (Å²) < 4.78 is 0. The van der Waals surface area contributed by atoms with Crippen LogP contribution in [0.25, 0.3) is 0 Å². The normalized spacial score (nSPS) is 23.8. The summed E-state index contributed by atoms with van der Waals surface area (Å²) in [7, 11) is 0. The highest BCUT2D eigenvalue weighted by molar-refractivity contribution is 5.03. The van der Waals surface area contributed by atoms with Crippen molar-refractivity contribution < 1.29 is 0 Å². The molecule has 0 radical (unpaired) electrons. The van der Waals surface area contributed by atoms with Crippen molar-refractivity contribution in [1.82, 2.24) is 20.8 Å². The standard InChI is InChI=1S/C7H10N4/c1-2-10-11-6(1)7-5-8-3-4-9-7/h3-6,10-11H,1-2H2. The zero-order valence-electron chi connectivity index (χ0n) is 6.12. The first-order valence-electron chi connectivity index (χ1n) is 3.71. The Balaban J connectivity index is 2.16. The van der Waals surface area contributed by atoms with Crippen LogP contribution in [0.3, 0.4) is 0 Å². The third-order valence-corrected chi connectivity index (χ3v) is 1.77. The van der Waals surface area contributed by atoms with Crippen molar-refractivity contribution in [2.45, 2.75) is 12.5 Å². The minimum atomic E-state index is 0.337. The Morgan fingerprint density at radius 1 is 1.45 bits per heavy atom. The Bertz CT molecular complexity index is 217. The molecule has 4 nitrogen and oxygen atoms in total. The lowest BCUT2D eigenvalue weighted by atomic mass is 10.2. The fourth-order valence-corrected chi connectivity index (χ4v) is 1.20. The van der Waals surface area contributed by atoms with Gasteiger partial charge in [-0.3, -0.25) is 15.4 Å². The number of rotatable bonds is 1. The number of hydrazine groups is 1. The lowest BCUT2D eigenvalue weighted by molar-refractivity contribution is 0.566. The lowest BCUT2D eigenvalue weighted by Gasteiger charge is -2.06. The summed E-state index contributed by atoms with van der Waals surface area (Å²) in [4.78, 5) is 8.19. The lowest BCUT2D eigenvalue weighted by Crippen LogP contribution is -2.25. The molecule has 1 aliphatic heterocycles. The van der Waals surface area contributed by atoms with Gasteiger partial charge < -0.3 is 0 Å². The van der Waals surface area contributed by atoms with Gasteiger partial charge in [-0.05, 0) is 6.42 Å². The van der Waals surface area contributed by atoms with Gasteiger partial charge in [0.25, 0.3) is 0 Å². The van der Waals surface area contributed by atoms with E-state index in [-0.39, 0.29) is 0 Å². The van der Waals surface area contributed by atoms with Crippen molar-refractivity contribution in [3.63, 3.8) is 0 Å². The second-order valence-electron chi connectivity index (χ2n) is 2.54. The van der Waals surface area contributed by atoms with Crippen LogP contribution in [0.4, 0.5) is 0 Å². The van der Waals surface area contributed by atoms with Gasteiger partial charge in [0.05, 0.1) is 17.9 Å². The van der Waals surface area contributed by atoms with E-state index >= 15 is 0 Å². The third kappa shape index (κ3) is 1.36. The molecule has 58 valence electrons. The van der Waals surface area contributed by atoms with Gasteiger partial charge in [-0.25, -0.2) is 5.43 Å². The number of aromatic nitrogens is 2. The first kappa shape index (κ1) is 6.69. The van der Waals surface area contributed by atoms with Gasteiger partial charge in [0.15, 0.2) is 0 Å². The van der Waals surface area contributed by atoms with E-state index in [1.54, 1.807) is 18.6 Å². The maximum atomic E-state index is 4.20. The van der Waals surface area contributed by atoms with Gasteiger partial charge in [0.1, 0.15) is 0 Å². The van der Waals surface area contributed by atoms with Gasteiger partial charge in [-0.1, -0.05) is 0 Å². The zero-order chi connectivity index (χ0) is 7.52. The average molecular weight is 150 g/mol. The molecule has 0 bridgehead atoms. The number of hydrogen-bond acceptors (Lipinski definition) is 4. The number of nitrogens with one attached hydrogen (secondary N) is 2. The predicted molar refractivity (Wildman–Crippen MR) is 40.5 cm³/mol. The average Bonchev–Trinajstić information content (AvgIpc) is 2.58. The maximum Gasteiger partial charge on any atom is 0.0770 e. The largest absolute Gasteiger partial charge is 0.261 e. The molecule has 2 heterocycles. The second kappa shape index (κ2) is 2.94. The summed E-state index contributed by atoms with van der Waals surface area (Å²) in [5.41, 5.74) is 7.18. The van der Waals surface area contributed by atoms with Crippen molar-refractivity contribution in [2.75, 3.05) is 6.54 Å². The molecule has 2 rings (SSSR count). The van der Waals surface area contributed by atoms with Crippen LogP contribution in [-0.4, -0.2) is 16.5 Å². The van der Waals surface area contributed by atoms with Crippen molar-refractivity contribution in [1.29, 1.82) is 0 Å². The first-order chi connectivity index (χ1) is 5.47. The molecular weight excluding hydrogens is 140 g/mol. The molecule has 0 saturated carbocycles. The van der Waals surface area contributed by atoms with Crippen LogP contribution >= 0.6 is 0 Å². The van der Waals surface area contributed by atoms with E-state index in [2.05, 4.69) is 20.8 Å². The summed E-state index contributed by atoms with van der Waals surface area (Å²) in [6.07, 6.45) is 6.28. The molecule has 1 aromatic heterocycles. The van der Waals surface area contributed by atoms with E-state index in [1.165, 1.54) is 0 Å². The third-order valence-electron chi connectivity index (χ3n) is 1.77. The topological polar surface area (TPSA) is 49.8 Å². The Hall–Kier alpha value is -1.00. The van der Waals surface area contributed by atoms with E-state index in [0.29, 0.717) is 6.04 Å². The molecule has 1 aromatic rings.